The number of amides is 1. The first-order valence-corrected chi connectivity index (χ1v) is 6.18. The van der Waals surface area contributed by atoms with Crippen molar-refractivity contribution in [2.45, 2.75) is 15.9 Å². The molecule has 0 fully saturated rings. The van der Waals surface area contributed by atoms with Gasteiger partial charge in [0.1, 0.15) is 0 Å². The molecule has 2 atom stereocenters. The van der Waals surface area contributed by atoms with Crippen molar-refractivity contribution in [3.8, 4) is 0 Å². The van der Waals surface area contributed by atoms with E-state index in [2.05, 4.69) is 10.1 Å². The fourth-order valence-electron chi connectivity index (χ4n) is 1.25. The Morgan fingerprint density at radius 3 is 2.44 bits per heavy atom. The number of aliphatic hydroxyl groups is 1. The number of alkyl carbamates (subject to hydrolysis) is 1. The number of benzene rings is 1. The molecule has 4 nitrogen and oxygen atoms in total. The Balaban J connectivity index is 2.82. The summed E-state index contributed by atoms with van der Waals surface area (Å²) in [6, 6.07) is 8.74. The van der Waals surface area contributed by atoms with E-state index in [1.807, 2.05) is 0 Å². The second-order valence-electron chi connectivity index (χ2n) is 3.49. The van der Waals surface area contributed by atoms with Gasteiger partial charge < -0.3 is 9.84 Å². The summed E-state index contributed by atoms with van der Waals surface area (Å²) in [5.41, 5.74) is 0.620. The van der Waals surface area contributed by atoms with Crippen LogP contribution in [0.25, 0.3) is 0 Å². The minimum atomic E-state index is -1.79. The van der Waals surface area contributed by atoms with E-state index in [-0.39, 0.29) is 0 Å². The molecule has 0 aliphatic carbocycles. The lowest BCUT2D eigenvalue weighted by molar-refractivity contribution is 0.0984. The molecule has 0 aliphatic rings. The number of hydrogen-bond acceptors (Lipinski definition) is 3. The summed E-state index contributed by atoms with van der Waals surface area (Å²) in [7, 11) is 1.15. The number of hydrogen-bond donors (Lipinski definition) is 2. The van der Waals surface area contributed by atoms with Crippen molar-refractivity contribution in [2.24, 2.45) is 0 Å². The van der Waals surface area contributed by atoms with Crippen LogP contribution in [0.4, 0.5) is 4.79 Å². The van der Waals surface area contributed by atoms with Gasteiger partial charge in [-0.05, 0) is 5.56 Å². The first kappa shape index (κ1) is 15.4. The summed E-state index contributed by atoms with van der Waals surface area (Å²) in [6.45, 7) is 0. The Labute approximate surface area is 120 Å². The highest BCUT2D eigenvalue weighted by Crippen LogP contribution is 2.42. The van der Waals surface area contributed by atoms with Crippen LogP contribution in [-0.2, 0) is 4.74 Å². The lowest BCUT2D eigenvalue weighted by Gasteiger charge is -2.30. The molecule has 0 spiro atoms. The Hall–Kier alpha value is -0.680. The summed E-state index contributed by atoms with van der Waals surface area (Å²) in [5.74, 6) is 0. The second-order valence-corrected chi connectivity index (χ2v) is 5.37. The lowest BCUT2D eigenvalue weighted by Crippen LogP contribution is -2.48. The van der Waals surface area contributed by atoms with Crippen molar-refractivity contribution in [3.63, 3.8) is 0 Å². The SMILES string of the molecule is COC(=O)N[C@H](O)C(Cl)(Cl)[C@H](Cl)c1ccccc1. The van der Waals surface area contributed by atoms with Crippen LogP contribution in [0, 0.1) is 0 Å². The number of aliphatic hydroxyl groups excluding tert-OH is 1. The minimum Gasteiger partial charge on any atom is -0.453 e. The number of nitrogens with one attached hydrogen (secondary N) is 1. The molecule has 0 heterocycles. The molecule has 2 N–H and O–H groups in total. The van der Waals surface area contributed by atoms with Gasteiger partial charge in [-0.25, -0.2) is 4.79 Å². The molecular formula is C11H12Cl3NO3. The van der Waals surface area contributed by atoms with Gasteiger partial charge in [0.25, 0.3) is 0 Å². The maximum Gasteiger partial charge on any atom is 0.408 e. The normalized spacial score (nSPS) is 14.7. The van der Waals surface area contributed by atoms with Gasteiger partial charge >= 0.3 is 6.09 Å². The van der Waals surface area contributed by atoms with Gasteiger partial charge in [0.2, 0.25) is 0 Å². The number of ether oxygens (including phenoxy) is 1. The number of carbonyl (C=O) groups excluding carboxylic acids is 1. The fraction of sp³-hybridized carbons (Fsp3) is 0.364. The average molecular weight is 313 g/mol. The zero-order valence-electron chi connectivity index (χ0n) is 9.44. The number of methoxy groups -OCH3 is 1. The number of carbonyl (C=O) groups is 1. The largest absolute Gasteiger partial charge is 0.453 e. The molecule has 0 bridgehead atoms. The summed E-state index contributed by atoms with van der Waals surface area (Å²) in [6.07, 6.45) is -2.43. The number of halogens is 3. The molecule has 1 aromatic rings. The molecule has 1 amide bonds. The van der Waals surface area contributed by atoms with Gasteiger partial charge in [-0.2, -0.15) is 0 Å². The molecule has 0 aromatic heterocycles. The molecule has 18 heavy (non-hydrogen) atoms. The van der Waals surface area contributed by atoms with Crippen LogP contribution in [0.2, 0.25) is 0 Å². The maximum atomic E-state index is 11.0. The standard InChI is InChI=1S/C11H12Cl3NO3/c1-18-10(17)15-9(16)11(13,14)8(12)7-5-3-2-4-6-7/h2-6,8-9,16H,1H3,(H,15,17)/t8-,9-/m1/s1. The third kappa shape index (κ3) is 3.65. The van der Waals surface area contributed by atoms with Crippen molar-refractivity contribution >= 4 is 40.9 Å². The highest BCUT2D eigenvalue weighted by Gasteiger charge is 2.43. The predicted molar refractivity (Wildman–Crippen MR) is 71.0 cm³/mol. The number of alkyl halides is 3. The van der Waals surface area contributed by atoms with Crippen molar-refractivity contribution < 1.29 is 14.6 Å². The van der Waals surface area contributed by atoms with E-state index in [0.29, 0.717) is 5.56 Å². The van der Waals surface area contributed by atoms with E-state index in [4.69, 9.17) is 34.8 Å². The molecule has 1 aromatic carbocycles. The van der Waals surface area contributed by atoms with Gasteiger partial charge in [-0.15, -0.1) is 11.6 Å². The van der Waals surface area contributed by atoms with E-state index < -0.39 is 22.0 Å². The van der Waals surface area contributed by atoms with E-state index >= 15 is 0 Å². The topological polar surface area (TPSA) is 58.6 Å². The molecule has 100 valence electrons. The third-order valence-electron chi connectivity index (χ3n) is 2.23. The van der Waals surface area contributed by atoms with Crippen LogP contribution >= 0.6 is 34.8 Å². The zero-order chi connectivity index (χ0) is 13.8. The van der Waals surface area contributed by atoms with Crippen LogP contribution in [0.15, 0.2) is 30.3 Å². The van der Waals surface area contributed by atoms with Crippen LogP contribution in [0.5, 0.6) is 0 Å². The summed E-state index contributed by atoms with van der Waals surface area (Å²) in [5, 5.41) is 10.9. The Kier molecular flexibility index (Phi) is 5.53. The summed E-state index contributed by atoms with van der Waals surface area (Å²) < 4.78 is 2.54. The van der Waals surface area contributed by atoms with Gasteiger partial charge in [-0.3, -0.25) is 5.32 Å². The van der Waals surface area contributed by atoms with Crippen LogP contribution in [0.1, 0.15) is 10.9 Å². The smallest absolute Gasteiger partial charge is 0.408 e. The van der Waals surface area contributed by atoms with Gasteiger partial charge in [0, 0.05) is 0 Å². The summed E-state index contributed by atoms with van der Waals surface area (Å²) >= 11 is 18.1. The van der Waals surface area contributed by atoms with E-state index in [9.17, 15) is 9.90 Å². The Bertz CT molecular complexity index is 400. The van der Waals surface area contributed by atoms with Crippen LogP contribution in [-0.4, -0.2) is 28.9 Å². The van der Waals surface area contributed by atoms with Crippen LogP contribution < -0.4 is 5.32 Å². The van der Waals surface area contributed by atoms with Crippen molar-refractivity contribution in [1.29, 1.82) is 0 Å². The molecular weight excluding hydrogens is 300 g/mol. The molecule has 0 saturated carbocycles. The first-order valence-electron chi connectivity index (χ1n) is 4.99. The van der Waals surface area contributed by atoms with E-state index in [0.717, 1.165) is 7.11 Å². The quantitative estimate of drug-likeness (QED) is 0.664. The molecule has 0 radical (unpaired) electrons. The van der Waals surface area contributed by atoms with Crippen molar-refractivity contribution in [3.05, 3.63) is 35.9 Å². The second kappa shape index (κ2) is 6.48. The van der Waals surface area contributed by atoms with E-state index in [1.165, 1.54) is 0 Å². The van der Waals surface area contributed by atoms with Crippen LogP contribution in [0.3, 0.4) is 0 Å². The average Bonchev–Trinajstić information content (AvgIpc) is 2.38. The summed E-state index contributed by atoms with van der Waals surface area (Å²) in [4.78, 5) is 11.0. The Morgan fingerprint density at radius 2 is 1.94 bits per heavy atom. The minimum absolute atomic E-state index is 0.620. The van der Waals surface area contributed by atoms with Gasteiger partial charge in [0.05, 0.1) is 12.5 Å². The first-order chi connectivity index (χ1) is 8.39. The van der Waals surface area contributed by atoms with E-state index in [1.54, 1.807) is 30.3 Å². The fourth-order valence-corrected chi connectivity index (χ4v) is 1.88. The third-order valence-corrected chi connectivity index (χ3v) is 3.90. The number of rotatable bonds is 4. The van der Waals surface area contributed by atoms with Crippen molar-refractivity contribution in [2.75, 3.05) is 7.11 Å². The highest BCUT2D eigenvalue weighted by molar-refractivity contribution is 6.52. The molecule has 0 unspecified atom stereocenters. The Morgan fingerprint density at radius 1 is 1.39 bits per heavy atom. The molecule has 7 heteroatoms. The van der Waals surface area contributed by atoms with Gasteiger partial charge in [0.15, 0.2) is 10.6 Å². The zero-order valence-corrected chi connectivity index (χ0v) is 11.7. The predicted octanol–water partition coefficient (Wildman–Crippen LogP) is 2.81. The van der Waals surface area contributed by atoms with Gasteiger partial charge in [-0.1, -0.05) is 53.5 Å². The molecule has 0 aliphatic heterocycles. The molecule has 1 rings (SSSR count). The highest BCUT2D eigenvalue weighted by atomic mass is 35.5. The lowest BCUT2D eigenvalue weighted by atomic mass is 10.1. The van der Waals surface area contributed by atoms with Crippen molar-refractivity contribution in [1.82, 2.24) is 5.32 Å². The maximum absolute atomic E-state index is 11.0. The molecule has 0 saturated heterocycles. The monoisotopic (exact) mass is 311 g/mol.